The average Bonchev–Trinajstić information content (AvgIpc) is 1.94. The molecule has 0 aromatic carbocycles. The van der Waals surface area contributed by atoms with Gasteiger partial charge in [0.1, 0.15) is 12.3 Å². The number of hydrogen-bond donors (Lipinski definition) is 1. The van der Waals surface area contributed by atoms with Gasteiger partial charge in [-0.3, -0.25) is 0 Å². The number of ether oxygens (including phenoxy) is 1. The van der Waals surface area contributed by atoms with E-state index in [0.29, 0.717) is 12.3 Å². The summed E-state index contributed by atoms with van der Waals surface area (Å²) in [5.41, 5.74) is 0.605. The van der Waals surface area contributed by atoms with Gasteiger partial charge in [0.15, 0.2) is 0 Å². The molecule has 0 spiro atoms. The molecule has 10 heavy (non-hydrogen) atoms. The van der Waals surface area contributed by atoms with Gasteiger partial charge in [-0.15, -0.1) is 0 Å². The monoisotopic (exact) mass is 141 g/mol. The molecule has 0 aromatic heterocycles. The van der Waals surface area contributed by atoms with Crippen molar-refractivity contribution in [2.75, 3.05) is 13.2 Å². The maximum Gasteiger partial charge on any atom is 0.354 e. The van der Waals surface area contributed by atoms with Gasteiger partial charge < -0.3 is 10.1 Å². The molecule has 3 nitrogen and oxygen atoms in total. The van der Waals surface area contributed by atoms with E-state index in [1.54, 1.807) is 0 Å². The molecule has 0 aromatic rings. The fourth-order valence-corrected chi connectivity index (χ4v) is 0.839. The molecule has 1 aliphatic heterocycles. The summed E-state index contributed by atoms with van der Waals surface area (Å²) in [7, 11) is 0. The zero-order chi connectivity index (χ0) is 7.40. The van der Waals surface area contributed by atoms with Crippen LogP contribution in [0.5, 0.6) is 0 Å². The van der Waals surface area contributed by atoms with Crippen LogP contribution < -0.4 is 5.32 Å². The highest BCUT2D eigenvalue weighted by Gasteiger charge is 2.13. The summed E-state index contributed by atoms with van der Waals surface area (Å²) in [4.78, 5) is 10.8. The first-order chi connectivity index (χ1) is 4.84. The molecule has 0 aliphatic carbocycles. The first-order valence-electron chi connectivity index (χ1n) is 3.45. The van der Waals surface area contributed by atoms with Crippen LogP contribution in [0.25, 0.3) is 0 Å². The van der Waals surface area contributed by atoms with E-state index in [2.05, 4.69) is 5.32 Å². The van der Waals surface area contributed by atoms with Crippen LogP contribution in [-0.2, 0) is 9.53 Å². The van der Waals surface area contributed by atoms with Crippen molar-refractivity contribution in [3.05, 3.63) is 11.8 Å². The SMILES string of the molecule is CCC=C1NCCOC1=O. The fraction of sp³-hybridized carbons (Fsp3) is 0.571. The van der Waals surface area contributed by atoms with E-state index in [1.165, 1.54) is 0 Å². The van der Waals surface area contributed by atoms with Gasteiger partial charge in [-0.25, -0.2) is 4.79 Å². The van der Waals surface area contributed by atoms with Crippen LogP contribution in [0.15, 0.2) is 11.8 Å². The van der Waals surface area contributed by atoms with Crippen molar-refractivity contribution in [3.63, 3.8) is 0 Å². The lowest BCUT2D eigenvalue weighted by atomic mass is 10.3. The molecule has 1 fully saturated rings. The molecule has 0 bridgehead atoms. The number of rotatable bonds is 1. The Balaban J connectivity index is 2.56. The van der Waals surface area contributed by atoms with Crippen LogP contribution >= 0.6 is 0 Å². The van der Waals surface area contributed by atoms with Gasteiger partial charge in [0.2, 0.25) is 0 Å². The fourth-order valence-electron chi connectivity index (χ4n) is 0.839. The summed E-state index contributed by atoms with van der Waals surface area (Å²) in [6.07, 6.45) is 2.69. The van der Waals surface area contributed by atoms with Crippen LogP contribution in [0.2, 0.25) is 0 Å². The van der Waals surface area contributed by atoms with E-state index in [1.807, 2.05) is 13.0 Å². The Morgan fingerprint density at radius 3 is 3.20 bits per heavy atom. The third-order valence-corrected chi connectivity index (χ3v) is 1.28. The van der Waals surface area contributed by atoms with Gasteiger partial charge in [0.25, 0.3) is 0 Å². The highest BCUT2D eigenvalue weighted by atomic mass is 16.5. The lowest BCUT2D eigenvalue weighted by Crippen LogP contribution is -2.32. The Morgan fingerprint density at radius 2 is 2.60 bits per heavy atom. The number of allylic oxidation sites excluding steroid dienone is 1. The van der Waals surface area contributed by atoms with Gasteiger partial charge in [-0.2, -0.15) is 0 Å². The minimum Gasteiger partial charge on any atom is -0.459 e. The third-order valence-electron chi connectivity index (χ3n) is 1.28. The number of nitrogens with one attached hydrogen (secondary N) is 1. The summed E-state index contributed by atoms with van der Waals surface area (Å²) in [6.45, 7) is 3.20. The first kappa shape index (κ1) is 7.12. The standard InChI is InChI=1S/C7H11NO2/c1-2-3-6-7(9)10-5-4-8-6/h3,8H,2,4-5H2,1H3. The summed E-state index contributed by atoms with van der Waals surface area (Å²) >= 11 is 0. The molecule has 0 unspecified atom stereocenters. The molecular formula is C7H11NO2. The molecule has 1 heterocycles. The number of carbonyl (C=O) groups excluding carboxylic acids is 1. The van der Waals surface area contributed by atoms with Crippen LogP contribution in [0.1, 0.15) is 13.3 Å². The number of hydrogen-bond acceptors (Lipinski definition) is 3. The lowest BCUT2D eigenvalue weighted by Gasteiger charge is -2.15. The summed E-state index contributed by atoms with van der Waals surface area (Å²) in [5.74, 6) is -0.229. The minimum absolute atomic E-state index is 0.229. The topological polar surface area (TPSA) is 38.3 Å². The van der Waals surface area contributed by atoms with Crippen molar-refractivity contribution in [3.8, 4) is 0 Å². The number of carbonyl (C=O) groups is 1. The van der Waals surface area contributed by atoms with Crippen molar-refractivity contribution in [2.24, 2.45) is 0 Å². The summed E-state index contributed by atoms with van der Waals surface area (Å²) < 4.78 is 4.77. The van der Waals surface area contributed by atoms with E-state index >= 15 is 0 Å². The molecule has 0 atom stereocenters. The smallest absolute Gasteiger partial charge is 0.354 e. The zero-order valence-electron chi connectivity index (χ0n) is 6.02. The third kappa shape index (κ3) is 1.50. The number of cyclic esters (lactones) is 1. The molecule has 56 valence electrons. The molecule has 1 aliphatic rings. The lowest BCUT2D eigenvalue weighted by molar-refractivity contribution is -0.141. The average molecular weight is 141 g/mol. The Hall–Kier alpha value is -0.990. The van der Waals surface area contributed by atoms with E-state index in [4.69, 9.17) is 4.74 Å². The molecule has 0 amide bonds. The Morgan fingerprint density at radius 1 is 1.80 bits per heavy atom. The Labute approximate surface area is 60.1 Å². The summed E-state index contributed by atoms with van der Waals surface area (Å²) in [6, 6.07) is 0. The maximum absolute atomic E-state index is 10.8. The van der Waals surface area contributed by atoms with Crippen LogP contribution in [0, 0.1) is 0 Å². The van der Waals surface area contributed by atoms with Gasteiger partial charge in [-0.1, -0.05) is 13.0 Å². The van der Waals surface area contributed by atoms with Gasteiger partial charge in [0, 0.05) is 6.54 Å². The normalized spacial score (nSPS) is 22.1. The van der Waals surface area contributed by atoms with Crippen LogP contribution in [0.4, 0.5) is 0 Å². The zero-order valence-corrected chi connectivity index (χ0v) is 6.02. The largest absolute Gasteiger partial charge is 0.459 e. The first-order valence-corrected chi connectivity index (χ1v) is 3.45. The van der Waals surface area contributed by atoms with E-state index < -0.39 is 0 Å². The Kier molecular flexibility index (Phi) is 2.31. The Bertz CT molecular complexity index is 163. The molecule has 3 heteroatoms. The number of esters is 1. The highest BCUT2D eigenvalue weighted by Crippen LogP contribution is 1.99. The molecular weight excluding hydrogens is 130 g/mol. The highest BCUT2D eigenvalue weighted by molar-refractivity contribution is 5.88. The van der Waals surface area contributed by atoms with Gasteiger partial charge in [-0.05, 0) is 6.42 Å². The quantitative estimate of drug-likeness (QED) is 0.425. The van der Waals surface area contributed by atoms with E-state index in [9.17, 15) is 4.79 Å². The molecule has 1 rings (SSSR count). The predicted octanol–water partition coefficient (Wildman–Crippen LogP) is 0.427. The molecule has 1 saturated heterocycles. The van der Waals surface area contributed by atoms with Crippen molar-refractivity contribution in [1.29, 1.82) is 0 Å². The van der Waals surface area contributed by atoms with Crippen molar-refractivity contribution >= 4 is 5.97 Å². The van der Waals surface area contributed by atoms with Crippen LogP contribution in [0.3, 0.4) is 0 Å². The van der Waals surface area contributed by atoms with Gasteiger partial charge in [0.05, 0.1) is 0 Å². The number of morpholine rings is 1. The minimum atomic E-state index is -0.229. The van der Waals surface area contributed by atoms with E-state index in [0.717, 1.165) is 13.0 Å². The van der Waals surface area contributed by atoms with Crippen molar-refractivity contribution in [2.45, 2.75) is 13.3 Å². The second-order valence-corrected chi connectivity index (χ2v) is 2.09. The molecule has 1 N–H and O–H groups in total. The van der Waals surface area contributed by atoms with E-state index in [-0.39, 0.29) is 5.97 Å². The van der Waals surface area contributed by atoms with Crippen molar-refractivity contribution < 1.29 is 9.53 Å². The maximum atomic E-state index is 10.8. The molecule has 0 radical (unpaired) electrons. The second-order valence-electron chi connectivity index (χ2n) is 2.09. The van der Waals surface area contributed by atoms with Crippen LogP contribution in [-0.4, -0.2) is 19.1 Å². The predicted molar refractivity (Wildman–Crippen MR) is 37.3 cm³/mol. The summed E-state index contributed by atoms with van der Waals surface area (Å²) in [5, 5.41) is 2.96. The van der Waals surface area contributed by atoms with Crippen molar-refractivity contribution in [1.82, 2.24) is 5.32 Å². The second kappa shape index (κ2) is 3.25. The molecule has 0 saturated carbocycles. The van der Waals surface area contributed by atoms with Gasteiger partial charge >= 0.3 is 5.97 Å².